The van der Waals surface area contributed by atoms with Gasteiger partial charge in [0, 0.05) is 34.9 Å². The molecule has 0 spiro atoms. The highest BCUT2D eigenvalue weighted by Crippen LogP contribution is 2.31. The third-order valence-electron chi connectivity index (χ3n) is 4.44. The summed E-state index contributed by atoms with van der Waals surface area (Å²) < 4.78 is 7.98. The van der Waals surface area contributed by atoms with Gasteiger partial charge in [-0.05, 0) is 30.7 Å². The number of rotatable bonds is 2. The fourth-order valence-corrected chi connectivity index (χ4v) is 3.41. The topological polar surface area (TPSA) is 26.2 Å². The first-order valence-corrected chi connectivity index (χ1v) is 7.70. The lowest BCUT2D eigenvalue weighted by atomic mass is 10.0. The Morgan fingerprint density at radius 1 is 1.14 bits per heavy atom. The van der Waals surface area contributed by atoms with Crippen molar-refractivity contribution in [2.24, 2.45) is 0 Å². The van der Waals surface area contributed by atoms with Crippen LogP contribution in [0.1, 0.15) is 18.5 Å². The van der Waals surface area contributed by atoms with E-state index in [4.69, 9.17) is 4.74 Å². The Hall–Kier alpha value is -1.55. The minimum Gasteiger partial charge on any atom is -0.378 e. The molecular weight excluding hydrogens is 296 g/mol. The van der Waals surface area contributed by atoms with E-state index in [2.05, 4.69) is 59.3 Å². The summed E-state index contributed by atoms with van der Waals surface area (Å²) in [6.45, 7) is 5.70. The number of morpholine rings is 1. The molecule has 0 bridgehead atoms. The first kappa shape index (κ1) is 15.3. The standard InChI is InChI=1S/C18H20N2O.ClH/c1-2-20-17-6-4-3-5-14(17)15-11-13(7-8-18(15)20)16-12-21-10-9-19-16;/h3-8,11,16,19H,2,9-10,12H2,1H3;1H/t16-;/m0./s1. The molecule has 1 aliphatic heterocycles. The Bertz CT molecular complexity index is 790. The van der Waals surface area contributed by atoms with Gasteiger partial charge in [-0.15, -0.1) is 12.4 Å². The minimum atomic E-state index is 0. The molecule has 1 aliphatic rings. The number of aryl methyl sites for hydroxylation is 1. The zero-order valence-corrected chi connectivity index (χ0v) is 13.5. The Morgan fingerprint density at radius 3 is 2.73 bits per heavy atom. The summed E-state index contributed by atoms with van der Waals surface area (Å²) in [5, 5.41) is 6.22. The maximum Gasteiger partial charge on any atom is 0.0662 e. The Labute approximate surface area is 136 Å². The summed E-state index contributed by atoms with van der Waals surface area (Å²) in [5.74, 6) is 0. The van der Waals surface area contributed by atoms with Crippen LogP contribution in [-0.2, 0) is 11.3 Å². The molecule has 4 rings (SSSR count). The van der Waals surface area contributed by atoms with E-state index in [0.29, 0.717) is 6.04 Å². The summed E-state index contributed by atoms with van der Waals surface area (Å²) >= 11 is 0. The summed E-state index contributed by atoms with van der Waals surface area (Å²) in [6, 6.07) is 15.8. The molecule has 0 amide bonds. The van der Waals surface area contributed by atoms with Gasteiger partial charge < -0.3 is 14.6 Å². The smallest absolute Gasteiger partial charge is 0.0662 e. The van der Waals surface area contributed by atoms with Crippen LogP contribution in [0.5, 0.6) is 0 Å². The van der Waals surface area contributed by atoms with Crippen LogP contribution in [0.2, 0.25) is 0 Å². The number of fused-ring (bicyclic) bond motifs is 3. The molecule has 1 N–H and O–H groups in total. The lowest BCUT2D eigenvalue weighted by molar-refractivity contribution is 0.0769. The van der Waals surface area contributed by atoms with Crippen molar-refractivity contribution in [3.63, 3.8) is 0 Å². The predicted molar refractivity (Wildman–Crippen MR) is 93.9 cm³/mol. The zero-order chi connectivity index (χ0) is 14.2. The van der Waals surface area contributed by atoms with Crippen molar-refractivity contribution in [3.8, 4) is 0 Å². The number of nitrogens with one attached hydrogen (secondary N) is 1. The summed E-state index contributed by atoms with van der Waals surface area (Å²) in [4.78, 5) is 0. The monoisotopic (exact) mass is 316 g/mol. The molecule has 1 atom stereocenters. The fourth-order valence-electron chi connectivity index (χ4n) is 3.41. The van der Waals surface area contributed by atoms with Crippen LogP contribution in [0.4, 0.5) is 0 Å². The van der Waals surface area contributed by atoms with E-state index < -0.39 is 0 Å². The van der Waals surface area contributed by atoms with Crippen LogP contribution in [0.25, 0.3) is 21.8 Å². The number of hydrogen-bond acceptors (Lipinski definition) is 2. The molecule has 1 aromatic heterocycles. The molecular formula is C18H21ClN2O. The number of para-hydroxylation sites is 1. The summed E-state index contributed by atoms with van der Waals surface area (Å²) in [6.07, 6.45) is 0. The lowest BCUT2D eigenvalue weighted by Gasteiger charge is -2.24. The second-order valence-corrected chi connectivity index (χ2v) is 5.62. The van der Waals surface area contributed by atoms with Gasteiger partial charge in [0.1, 0.15) is 0 Å². The second-order valence-electron chi connectivity index (χ2n) is 5.62. The first-order chi connectivity index (χ1) is 10.4. The Morgan fingerprint density at radius 2 is 1.95 bits per heavy atom. The van der Waals surface area contributed by atoms with Crippen LogP contribution in [-0.4, -0.2) is 24.3 Å². The number of ether oxygens (including phenoxy) is 1. The molecule has 1 fully saturated rings. The zero-order valence-electron chi connectivity index (χ0n) is 12.7. The SMILES string of the molecule is CCn1c2ccccc2c2cc([C@@H]3COCCN3)ccc21.Cl. The molecule has 3 aromatic rings. The highest BCUT2D eigenvalue weighted by molar-refractivity contribution is 6.08. The molecule has 0 radical (unpaired) electrons. The van der Waals surface area contributed by atoms with Crippen molar-refractivity contribution >= 4 is 34.2 Å². The van der Waals surface area contributed by atoms with E-state index in [1.54, 1.807) is 0 Å². The van der Waals surface area contributed by atoms with E-state index >= 15 is 0 Å². The molecule has 0 aliphatic carbocycles. The van der Waals surface area contributed by atoms with Crippen LogP contribution in [0.3, 0.4) is 0 Å². The first-order valence-electron chi connectivity index (χ1n) is 7.70. The highest BCUT2D eigenvalue weighted by atomic mass is 35.5. The van der Waals surface area contributed by atoms with Crippen molar-refractivity contribution in [3.05, 3.63) is 48.0 Å². The number of aromatic nitrogens is 1. The molecule has 22 heavy (non-hydrogen) atoms. The molecule has 0 unspecified atom stereocenters. The van der Waals surface area contributed by atoms with Gasteiger partial charge in [-0.2, -0.15) is 0 Å². The van der Waals surface area contributed by atoms with Crippen molar-refractivity contribution in [1.82, 2.24) is 9.88 Å². The maximum absolute atomic E-state index is 5.59. The molecule has 0 saturated carbocycles. The maximum atomic E-state index is 5.59. The number of hydrogen-bond donors (Lipinski definition) is 1. The van der Waals surface area contributed by atoms with Gasteiger partial charge in [0.25, 0.3) is 0 Å². The van der Waals surface area contributed by atoms with Crippen LogP contribution in [0, 0.1) is 0 Å². The third-order valence-corrected chi connectivity index (χ3v) is 4.44. The fraction of sp³-hybridized carbons (Fsp3) is 0.333. The van der Waals surface area contributed by atoms with Crippen molar-refractivity contribution < 1.29 is 4.74 Å². The minimum absolute atomic E-state index is 0. The van der Waals surface area contributed by atoms with Gasteiger partial charge in [-0.1, -0.05) is 24.3 Å². The van der Waals surface area contributed by atoms with Crippen molar-refractivity contribution in [2.75, 3.05) is 19.8 Å². The van der Waals surface area contributed by atoms with Crippen LogP contribution < -0.4 is 5.32 Å². The molecule has 1 saturated heterocycles. The van der Waals surface area contributed by atoms with E-state index in [1.165, 1.54) is 27.4 Å². The third kappa shape index (κ3) is 2.39. The average Bonchev–Trinajstić information content (AvgIpc) is 2.88. The Kier molecular flexibility index (Phi) is 4.39. The number of halogens is 1. The molecule has 116 valence electrons. The molecule has 4 heteroatoms. The largest absolute Gasteiger partial charge is 0.378 e. The average molecular weight is 317 g/mol. The lowest BCUT2D eigenvalue weighted by Crippen LogP contribution is -2.34. The van der Waals surface area contributed by atoms with Crippen molar-refractivity contribution in [2.45, 2.75) is 19.5 Å². The summed E-state index contributed by atoms with van der Waals surface area (Å²) in [7, 11) is 0. The van der Waals surface area contributed by atoms with E-state index in [1.807, 2.05) is 0 Å². The van der Waals surface area contributed by atoms with Gasteiger partial charge in [0.15, 0.2) is 0 Å². The van der Waals surface area contributed by atoms with E-state index in [-0.39, 0.29) is 12.4 Å². The van der Waals surface area contributed by atoms with Gasteiger partial charge in [-0.3, -0.25) is 0 Å². The van der Waals surface area contributed by atoms with Crippen LogP contribution >= 0.6 is 12.4 Å². The van der Waals surface area contributed by atoms with E-state index in [0.717, 1.165) is 26.3 Å². The van der Waals surface area contributed by atoms with Crippen molar-refractivity contribution in [1.29, 1.82) is 0 Å². The molecule has 2 heterocycles. The Balaban J connectivity index is 0.00000144. The number of benzene rings is 2. The van der Waals surface area contributed by atoms with Gasteiger partial charge in [0.05, 0.1) is 19.3 Å². The normalized spacial score (nSPS) is 18.5. The molecule has 2 aromatic carbocycles. The van der Waals surface area contributed by atoms with Gasteiger partial charge in [-0.25, -0.2) is 0 Å². The molecule has 3 nitrogen and oxygen atoms in total. The second kappa shape index (κ2) is 6.29. The predicted octanol–water partition coefficient (Wildman–Crippen LogP) is 3.90. The number of nitrogens with zero attached hydrogens (tertiary/aromatic N) is 1. The quantitative estimate of drug-likeness (QED) is 0.776. The highest BCUT2D eigenvalue weighted by Gasteiger charge is 2.17. The summed E-state index contributed by atoms with van der Waals surface area (Å²) in [5.41, 5.74) is 3.96. The van der Waals surface area contributed by atoms with Gasteiger partial charge >= 0.3 is 0 Å². The van der Waals surface area contributed by atoms with E-state index in [9.17, 15) is 0 Å². The van der Waals surface area contributed by atoms with Crippen LogP contribution in [0.15, 0.2) is 42.5 Å². The van der Waals surface area contributed by atoms with Gasteiger partial charge in [0.2, 0.25) is 0 Å².